The van der Waals surface area contributed by atoms with Gasteiger partial charge in [0.1, 0.15) is 12.7 Å². The van der Waals surface area contributed by atoms with Crippen LogP contribution in [0, 0.1) is 0 Å². The van der Waals surface area contributed by atoms with Gasteiger partial charge in [0.25, 0.3) is 17.7 Å². The summed E-state index contributed by atoms with van der Waals surface area (Å²) < 4.78 is 6.58. The van der Waals surface area contributed by atoms with E-state index in [1.807, 2.05) is 12.1 Å². The van der Waals surface area contributed by atoms with Gasteiger partial charge in [-0.3, -0.25) is 14.4 Å². The van der Waals surface area contributed by atoms with Gasteiger partial charge >= 0.3 is 0 Å². The number of aromatic nitrogens is 3. The van der Waals surface area contributed by atoms with Gasteiger partial charge in [0.2, 0.25) is 0 Å². The molecule has 9 heteroatoms. The number of hydrogen-bond acceptors (Lipinski definition) is 6. The van der Waals surface area contributed by atoms with Crippen molar-refractivity contribution < 1.29 is 19.1 Å². The van der Waals surface area contributed by atoms with Crippen molar-refractivity contribution in [3.8, 4) is 0 Å². The van der Waals surface area contributed by atoms with Crippen LogP contribution in [0.2, 0.25) is 0 Å². The van der Waals surface area contributed by atoms with Gasteiger partial charge in [0.15, 0.2) is 0 Å². The topological polar surface area (TPSA) is 106 Å². The van der Waals surface area contributed by atoms with E-state index in [-0.39, 0.29) is 17.0 Å². The lowest BCUT2D eigenvalue weighted by molar-refractivity contribution is 0.0921. The summed E-state index contributed by atoms with van der Waals surface area (Å²) in [6.07, 6.45) is 3.07. The first-order valence-corrected chi connectivity index (χ1v) is 9.30. The summed E-state index contributed by atoms with van der Waals surface area (Å²) in [6, 6.07) is 11.6. The molecule has 0 radical (unpaired) electrons. The van der Waals surface area contributed by atoms with Gasteiger partial charge in [-0.25, -0.2) is 14.6 Å². The van der Waals surface area contributed by atoms with E-state index in [9.17, 15) is 14.4 Å². The van der Waals surface area contributed by atoms with Gasteiger partial charge < -0.3 is 10.1 Å². The van der Waals surface area contributed by atoms with Gasteiger partial charge in [0, 0.05) is 19.2 Å². The number of carbonyl (C=O) groups excluding carboxylic acids is 3. The lowest BCUT2D eigenvalue weighted by atomic mass is 10.1. The second kappa shape index (κ2) is 8.26. The molecule has 30 heavy (non-hydrogen) atoms. The molecule has 0 atom stereocenters. The second-order valence-electron chi connectivity index (χ2n) is 6.71. The Kier molecular flexibility index (Phi) is 5.36. The maximum absolute atomic E-state index is 12.9. The molecule has 0 saturated heterocycles. The van der Waals surface area contributed by atoms with E-state index in [4.69, 9.17) is 4.74 Å². The molecule has 1 aliphatic heterocycles. The first kappa shape index (κ1) is 19.5. The van der Waals surface area contributed by atoms with E-state index in [0.29, 0.717) is 30.9 Å². The Morgan fingerprint density at radius 3 is 2.53 bits per heavy atom. The molecule has 9 nitrogen and oxygen atoms in total. The normalized spacial score (nSPS) is 12.9. The van der Waals surface area contributed by atoms with Gasteiger partial charge in [-0.1, -0.05) is 12.1 Å². The highest BCUT2D eigenvalue weighted by atomic mass is 16.5. The van der Waals surface area contributed by atoms with E-state index in [0.717, 1.165) is 10.5 Å². The summed E-state index contributed by atoms with van der Waals surface area (Å²) in [5, 5.41) is 6.75. The molecule has 3 aromatic rings. The molecule has 0 spiro atoms. The van der Waals surface area contributed by atoms with Crippen LogP contribution >= 0.6 is 0 Å². The van der Waals surface area contributed by atoms with Crippen LogP contribution in [0.3, 0.4) is 0 Å². The van der Waals surface area contributed by atoms with Crippen LogP contribution in [-0.4, -0.2) is 52.7 Å². The predicted octanol–water partition coefficient (Wildman–Crippen LogP) is 1.50. The molecule has 0 unspecified atom stereocenters. The van der Waals surface area contributed by atoms with Gasteiger partial charge in [-0.05, 0) is 35.9 Å². The molecule has 0 aliphatic carbocycles. The van der Waals surface area contributed by atoms with Gasteiger partial charge in [-0.15, -0.1) is 0 Å². The van der Waals surface area contributed by atoms with Crippen molar-refractivity contribution in [2.75, 3.05) is 25.2 Å². The molecule has 2 heterocycles. The maximum Gasteiger partial charge on any atom is 0.266 e. The number of carbonyl (C=O) groups is 3. The van der Waals surface area contributed by atoms with E-state index in [1.165, 1.54) is 24.5 Å². The van der Waals surface area contributed by atoms with E-state index in [1.54, 1.807) is 30.3 Å². The number of methoxy groups -OCH3 is 1. The summed E-state index contributed by atoms with van der Waals surface area (Å²) in [5.74, 6) is -1.19. The van der Waals surface area contributed by atoms with Crippen LogP contribution in [0.4, 0.5) is 5.69 Å². The molecule has 1 aliphatic rings. The van der Waals surface area contributed by atoms with Crippen LogP contribution in [0.25, 0.3) is 0 Å². The minimum atomic E-state index is -0.453. The molecule has 3 amide bonds. The lowest BCUT2D eigenvalue weighted by Gasteiger charge is -2.14. The molecular formula is C21H19N5O4. The first-order valence-electron chi connectivity index (χ1n) is 9.30. The molecule has 0 bridgehead atoms. The second-order valence-corrected chi connectivity index (χ2v) is 6.71. The zero-order valence-electron chi connectivity index (χ0n) is 16.2. The van der Waals surface area contributed by atoms with Crippen molar-refractivity contribution in [2.45, 2.75) is 6.54 Å². The number of ether oxygens (including phenoxy) is 1. The number of benzene rings is 2. The average Bonchev–Trinajstić information content (AvgIpc) is 3.35. The Morgan fingerprint density at radius 2 is 1.83 bits per heavy atom. The minimum absolute atomic E-state index is 0.214. The van der Waals surface area contributed by atoms with Crippen LogP contribution in [-0.2, 0) is 11.3 Å². The number of anilines is 1. The summed E-state index contributed by atoms with van der Waals surface area (Å²) in [4.78, 5) is 43.0. The number of nitrogens with one attached hydrogen (secondary N) is 1. The zero-order valence-corrected chi connectivity index (χ0v) is 16.2. The molecule has 0 saturated carbocycles. The van der Waals surface area contributed by atoms with Crippen LogP contribution < -0.4 is 10.2 Å². The predicted molar refractivity (Wildman–Crippen MR) is 107 cm³/mol. The number of rotatable bonds is 7. The Balaban J connectivity index is 1.53. The zero-order chi connectivity index (χ0) is 21.1. The smallest absolute Gasteiger partial charge is 0.266 e. The molecule has 4 rings (SSSR count). The Morgan fingerprint density at radius 1 is 1.07 bits per heavy atom. The molecule has 1 N–H and O–H groups in total. The highest BCUT2D eigenvalue weighted by molar-refractivity contribution is 6.34. The standard InChI is InChI=1S/C21H19N5O4/c1-30-9-8-23-19(27)15-4-7-17-18(10-15)21(29)26(20(17)28)16-5-2-14(3-6-16)11-25-13-22-12-24-25/h2-7,10,12-13H,8-9,11H2,1H3,(H,23,27). The van der Waals surface area contributed by atoms with E-state index < -0.39 is 11.8 Å². The minimum Gasteiger partial charge on any atom is -0.383 e. The Hall–Kier alpha value is -3.85. The summed E-state index contributed by atoms with van der Waals surface area (Å²) in [7, 11) is 1.54. The first-order chi connectivity index (χ1) is 14.6. The van der Waals surface area contributed by atoms with E-state index >= 15 is 0 Å². The molecule has 2 aromatic carbocycles. The lowest BCUT2D eigenvalue weighted by Crippen LogP contribution is -2.29. The van der Waals surface area contributed by atoms with Gasteiger partial charge in [-0.2, -0.15) is 5.10 Å². The van der Waals surface area contributed by atoms with Gasteiger partial charge in [0.05, 0.1) is 30.0 Å². The number of nitrogens with zero attached hydrogens (tertiary/aromatic N) is 4. The number of fused-ring (bicyclic) bond motifs is 1. The van der Waals surface area contributed by atoms with Crippen molar-refractivity contribution in [3.63, 3.8) is 0 Å². The fourth-order valence-corrected chi connectivity index (χ4v) is 3.24. The van der Waals surface area contributed by atoms with E-state index in [2.05, 4.69) is 15.4 Å². The van der Waals surface area contributed by atoms with Crippen molar-refractivity contribution in [1.82, 2.24) is 20.1 Å². The highest BCUT2D eigenvalue weighted by Gasteiger charge is 2.37. The van der Waals surface area contributed by atoms with Crippen LogP contribution in [0.15, 0.2) is 55.1 Å². The van der Waals surface area contributed by atoms with Crippen LogP contribution in [0.1, 0.15) is 36.6 Å². The monoisotopic (exact) mass is 405 g/mol. The third-order valence-corrected chi connectivity index (χ3v) is 4.75. The quantitative estimate of drug-likeness (QED) is 0.472. The highest BCUT2D eigenvalue weighted by Crippen LogP contribution is 2.29. The summed E-state index contributed by atoms with van der Waals surface area (Å²) in [5.41, 5.74) is 2.23. The third kappa shape index (κ3) is 3.70. The fraction of sp³-hybridized carbons (Fsp3) is 0.190. The molecule has 152 valence electrons. The van der Waals surface area contributed by atoms with Crippen molar-refractivity contribution in [3.05, 3.63) is 77.4 Å². The largest absolute Gasteiger partial charge is 0.383 e. The SMILES string of the molecule is COCCNC(=O)c1ccc2c(c1)C(=O)N(c1ccc(Cn3cncn3)cc1)C2=O. The van der Waals surface area contributed by atoms with Crippen LogP contribution in [0.5, 0.6) is 0 Å². The third-order valence-electron chi connectivity index (χ3n) is 4.75. The summed E-state index contributed by atoms with van der Waals surface area (Å²) in [6.45, 7) is 1.27. The number of hydrogen-bond donors (Lipinski definition) is 1. The van der Waals surface area contributed by atoms with Crippen molar-refractivity contribution in [1.29, 1.82) is 0 Å². The average molecular weight is 405 g/mol. The van der Waals surface area contributed by atoms with Crippen molar-refractivity contribution >= 4 is 23.4 Å². The molecule has 1 aromatic heterocycles. The Labute approximate surface area is 172 Å². The number of amides is 3. The van der Waals surface area contributed by atoms with Crippen molar-refractivity contribution in [2.24, 2.45) is 0 Å². The Bertz CT molecular complexity index is 1090. The maximum atomic E-state index is 12.9. The molecular weight excluding hydrogens is 386 g/mol. The summed E-state index contributed by atoms with van der Waals surface area (Å²) >= 11 is 0. The molecule has 0 fully saturated rings. The number of imide groups is 1. The fourth-order valence-electron chi connectivity index (χ4n) is 3.24.